The first-order valence-corrected chi connectivity index (χ1v) is 6.02. The van der Waals surface area contributed by atoms with Gasteiger partial charge in [0.15, 0.2) is 0 Å². The molecule has 2 nitrogen and oxygen atoms in total. The number of rotatable bonds is 1. The molecular formula is C9H17IN2. The van der Waals surface area contributed by atoms with Crippen molar-refractivity contribution < 1.29 is 0 Å². The fourth-order valence-corrected chi connectivity index (χ4v) is 2.57. The average Bonchev–Trinajstić information content (AvgIpc) is 2.67. The van der Waals surface area contributed by atoms with Crippen molar-refractivity contribution in [3.8, 4) is 0 Å². The summed E-state index contributed by atoms with van der Waals surface area (Å²) in [5.41, 5.74) is 0.525. The van der Waals surface area contributed by atoms with Crippen molar-refractivity contribution in [1.82, 2.24) is 10.2 Å². The first-order valence-electron chi connectivity index (χ1n) is 4.77. The van der Waals surface area contributed by atoms with Crippen molar-refractivity contribution >= 4 is 22.6 Å². The van der Waals surface area contributed by atoms with E-state index in [9.17, 15) is 0 Å². The van der Waals surface area contributed by atoms with E-state index in [2.05, 4.69) is 46.7 Å². The summed E-state index contributed by atoms with van der Waals surface area (Å²) in [6.07, 6.45) is 2.77. The molecule has 2 fully saturated rings. The standard InChI is InChI=1S/C9H17IN2/c1-7-5-12(8(2)10)6-9(11-7)3-4-9/h7-8,11H,3-6H2,1-2H3/t7-,8?/m1/s1. The molecule has 3 heteroatoms. The summed E-state index contributed by atoms with van der Waals surface area (Å²) in [6.45, 7) is 7.06. The number of hydrogen-bond acceptors (Lipinski definition) is 2. The zero-order valence-corrected chi connectivity index (χ0v) is 9.97. The van der Waals surface area contributed by atoms with Crippen molar-refractivity contribution in [1.29, 1.82) is 0 Å². The van der Waals surface area contributed by atoms with Crippen LogP contribution in [0.5, 0.6) is 0 Å². The highest BCUT2D eigenvalue weighted by molar-refractivity contribution is 14.1. The van der Waals surface area contributed by atoms with Crippen LogP contribution in [0.1, 0.15) is 26.7 Å². The van der Waals surface area contributed by atoms with E-state index in [0.29, 0.717) is 15.6 Å². The lowest BCUT2D eigenvalue weighted by molar-refractivity contribution is 0.156. The summed E-state index contributed by atoms with van der Waals surface area (Å²) < 4.78 is 0.685. The van der Waals surface area contributed by atoms with Crippen LogP contribution in [0.25, 0.3) is 0 Å². The number of halogens is 1. The molecule has 0 aromatic heterocycles. The van der Waals surface area contributed by atoms with Crippen LogP contribution in [0.4, 0.5) is 0 Å². The smallest absolute Gasteiger partial charge is 0.0591 e. The van der Waals surface area contributed by atoms with E-state index in [-0.39, 0.29) is 0 Å². The lowest BCUT2D eigenvalue weighted by Gasteiger charge is -2.39. The molecule has 1 aliphatic heterocycles. The molecule has 1 N–H and O–H groups in total. The fraction of sp³-hybridized carbons (Fsp3) is 1.00. The largest absolute Gasteiger partial charge is 0.306 e. The Morgan fingerprint density at radius 1 is 1.58 bits per heavy atom. The third kappa shape index (κ3) is 1.77. The van der Waals surface area contributed by atoms with Gasteiger partial charge < -0.3 is 5.32 Å². The minimum atomic E-state index is 0.525. The molecule has 0 aromatic rings. The fourth-order valence-electron chi connectivity index (χ4n) is 2.14. The van der Waals surface area contributed by atoms with E-state index >= 15 is 0 Å². The molecule has 0 bridgehead atoms. The van der Waals surface area contributed by atoms with Gasteiger partial charge in [-0.05, 0) is 26.7 Å². The number of hydrogen-bond donors (Lipinski definition) is 1. The highest BCUT2D eigenvalue weighted by Crippen LogP contribution is 2.39. The molecule has 0 amide bonds. The molecule has 1 heterocycles. The van der Waals surface area contributed by atoms with E-state index in [1.807, 2.05) is 0 Å². The van der Waals surface area contributed by atoms with Crippen LogP contribution in [0, 0.1) is 0 Å². The molecule has 0 aromatic carbocycles. The summed E-state index contributed by atoms with van der Waals surface area (Å²) >= 11 is 2.51. The Labute approximate surface area is 88.2 Å². The van der Waals surface area contributed by atoms with Gasteiger partial charge in [-0.25, -0.2) is 0 Å². The molecule has 1 saturated heterocycles. The molecule has 1 spiro atoms. The summed E-state index contributed by atoms with van der Waals surface area (Å²) in [7, 11) is 0. The van der Waals surface area contributed by atoms with Gasteiger partial charge in [-0.1, -0.05) is 22.6 Å². The van der Waals surface area contributed by atoms with E-state index in [0.717, 1.165) is 0 Å². The maximum atomic E-state index is 3.71. The SMILES string of the molecule is CC(I)N1C[C@@H](C)NC2(CC2)C1. The van der Waals surface area contributed by atoms with Gasteiger partial charge in [0.1, 0.15) is 0 Å². The normalized spacial score (nSPS) is 36.8. The van der Waals surface area contributed by atoms with E-state index in [1.165, 1.54) is 25.9 Å². The zero-order chi connectivity index (χ0) is 8.77. The number of alkyl halides is 1. The van der Waals surface area contributed by atoms with Crippen LogP contribution in [-0.2, 0) is 0 Å². The second kappa shape index (κ2) is 3.10. The average molecular weight is 280 g/mol. The third-order valence-corrected chi connectivity index (χ3v) is 3.71. The van der Waals surface area contributed by atoms with E-state index in [4.69, 9.17) is 0 Å². The number of piperazine rings is 1. The first kappa shape index (κ1) is 9.21. The Bertz CT molecular complexity index is 177. The molecular weight excluding hydrogens is 263 g/mol. The molecule has 1 aliphatic carbocycles. The Balaban J connectivity index is 1.99. The van der Waals surface area contributed by atoms with Gasteiger partial charge in [-0.15, -0.1) is 0 Å². The second-order valence-corrected chi connectivity index (χ2v) is 6.13. The number of nitrogens with one attached hydrogen (secondary N) is 1. The minimum Gasteiger partial charge on any atom is -0.306 e. The van der Waals surface area contributed by atoms with Crippen LogP contribution in [-0.4, -0.2) is 33.6 Å². The Hall–Kier alpha value is 0.650. The Morgan fingerprint density at radius 2 is 2.25 bits per heavy atom. The Kier molecular flexibility index (Phi) is 2.38. The molecule has 1 unspecified atom stereocenters. The second-order valence-electron chi connectivity index (χ2n) is 4.33. The summed E-state index contributed by atoms with van der Waals surface area (Å²) in [4.78, 5) is 2.59. The maximum absolute atomic E-state index is 3.71. The van der Waals surface area contributed by atoms with Crippen LogP contribution < -0.4 is 5.32 Å². The van der Waals surface area contributed by atoms with Crippen molar-refractivity contribution in [2.75, 3.05) is 13.1 Å². The van der Waals surface area contributed by atoms with Crippen molar-refractivity contribution in [2.45, 2.75) is 42.3 Å². The van der Waals surface area contributed by atoms with Crippen LogP contribution >= 0.6 is 22.6 Å². The molecule has 2 aliphatic rings. The lowest BCUT2D eigenvalue weighted by atomic mass is 10.1. The minimum absolute atomic E-state index is 0.525. The molecule has 12 heavy (non-hydrogen) atoms. The molecule has 2 rings (SSSR count). The molecule has 2 atom stereocenters. The van der Waals surface area contributed by atoms with Crippen molar-refractivity contribution in [3.05, 3.63) is 0 Å². The van der Waals surface area contributed by atoms with Crippen molar-refractivity contribution in [2.24, 2.45) is 0 Å². The third-order valence-electron chi connectivity index (χ3n) is 2.92. The van der Waals surface area contributed by atoms with Gasteiger partial charge in [0.05, 0.1) is 4.05 Å². The van der Waals surface area contributed by atoms with Gasteiger partial charge in [0, 0.05) is 24.7 Å². The molecule has 70 valence electrons. The van der Waals surface area contributed by atoms with Gasteiger partial charge in [-0.3, -0.25) is 4.90 Å². The van der Waals surface area contributed by atoms with Gasteiger partial charge in [0.25, 0.3) is 0 Å². The van der Waals surface area contributed by atoms with Gasteiger partial charge in [-0.2, -0.15) is 0 Å². The van der Waals surface area contributed by atoms with Crippen LogP contribution in [0.2, 0.25) is 0 Å². The predicted molar refractivity (Wildman–Crippen MR) is 59.6 cm³/mol. The molecule has 0 radical (unpaired) electrons. The van der Waals surface area contributed by atoms with Gasteiger partial charge in [0.2, 0.25) is 0 Å². The highest BCUT2D eigenvalue weighted by atomic mass is 127. The zero-order valence-electron chi connectivity index (χ0n) is 7.81. The highest BCUT2D eigenvalue weighted by Gasteiger charge is 2.47. The van der Waals surface area contributed by atoms with Crippen molar-refractivity contribution in [3.63, 3.8) is 0 Å². The van der Waals surface area contributed by atoms with Crippen LogP contribution in [0.3, 0.4) is 0 Å². The monoisotopic (exact) mass is 280 g/mol. The summed E-state index contributed by atoms with van der Waals surface area (Å²) in [5, 5.41) is 3.71. The summed E-state index contributed by atoms with van der Waals surface area (Å²) in [5.74, 6) is 0. The van der Waals surface area contributed by atoms with Gasteiger partial charge >= 0.3 is 0 Å². The topological polar surface area (TPSA) is 15.3 Å². The maximum Gasteiger partial charge on any atom is 0.0591 e. The van der Waals surface area contributed by atoms with Crippen LogP contribution in [0.15, 0.2) is 0 Å². The Morgan fingerprint density at radius 3 is 2.75 bits per heavy atom. The summed E-state index contributed by atoms with van der Waals surface area (Å²) in [6, 6.07) is 0.679. The van der Waals surface area contributed by atoms with E-state index < -0.39 is 0 Å². The van der Waals surface area contributed by atoms with E-state index in [1.54, 1.807) is 0 Å². The first-order chi connectivity index (χ1) is 5.61. The predicted octanol–water partition coefficient (Wildman–Crippen LogP) is 1.59. The number of nitrogens with zero attached hydrogens (tertiary/aromatic N) is 1. The lowest BCUT2D eigenvalue weighted by Crippen LogP contribution is -2.58. The molecule has 1 saturated carbocycles. The quantitative estimate of drug-likeness (QED) is 0.446.